The highest BCUT2D eigenvalue weighted by Crippen LogP contribution is 2.01. The molecule has 0 heterocycles. The maximum Gasteiger partial charge on any atom is 0.326 e. The average molecular weight is 218 g/mol. The number of aliphatic carboxylic acids is 1. The zero-order valence-corrected chi connectivity index (χ0v) is 8.77. The smallest absolute Gasteiger partial charge is 0.326 e. The first-order valence-electron chi connectivity index (χ1n) is 4.90. The number of amides is 1. The van der Waals surface area contributed by atoms with E-state index in [4.69, 9.17) is 15.9 Å². The fraction of sp³-hybridized carbons (Fsp3) is 0.778. The van der Waals surface area contributed by atoms with Crippen molar-refractivity contribution in [2.24, 2.45) is 11.7 Å². The van der Waals surface area contributed by atoms with E-state index in [0.717, 1.165) is 0 Å². The number of carboxylic acid groups (broad SMARTS) is 1. The number of aliphatic hydroxyl groups excluding tert-OH is 1. The van der Waals surface area contributed by atoms with Crippen LogP contribution in [0.15, 0.2) is 0 Å². The Kier molecular flexibility index (Phi) is 6.64. The molecule has 2 atom stereocenters. The van der Waals surface area contributed by atoms with Crippen LogP contribution in [0.4, 0.5) is 0 Å². The van der Waals surface area contributed by atoms with Crippen LogP contribution in [0.1, 0.15) is 19.8 Å². The molecule has 0 fully saturated rings. The van der Waals surface area contributed by atoms with E-state index in [0.29, 0.717) is 6.42 Å². The summed E-state index contributed by atoms with van der Waals surface area (Å²) in [6.07, 6.45) is 0.565. The summed E-state index contributed by atoms with van der Waals surface area (Å²) in [5, 5.41) is 19.7. The van der Waals surface area contributed by atoms with Gasteiger partial charge in [-0.25, -0.2) is 4.79 Å². The van der Waals surface area contributed by atoms with Gasteiger partial charge < -0.3 is 21.3 Å². The van der Waals surface area contributed by atoms with E-state index in [1.165, 1.54) is 0 Å². The first-order valence-corrected chi connectivity index (χ1v) is 4.90. The number of nitrogens with one attached hydrogen (secondary N) is 1. The lowest BCUT2D eigenvalue weighted by Gasteiger charge is -2.17. The molecule has 0 aliphatic heterocycles. The molecular formula is C9H18N2O4. The molecule has 6 nitrogen and oxygen atoms in total. The third kappa shape index (κ3) is 4.75. The molecule has 88 valence electrons. The Balaban J connectivity index is 4.27. The molecule has 0 aromatic heterocycles. The van der Waals surface area contributed by atoms with Crippen molar-refractivity contribution in [1.82, 2.24) is 5.32 Å². The molecule has 0 aliphatic carbocycles. The van der Waals surface area contributed by atoms with Crippen LogP contribution in [0.25, 0.3) is 0 Å². The number of carbonyl (C=O) groups excluding carboxylic acids is 1. The molecule has 0 aromatic carbocycles. The lowest BCUT2D eigenvalue weighted by atomic mass is 10.1. The lowest BCUT2D eigenvalue weighted by Crippen LogP contribution is -2.45. The lowest BCUT2D eigenvalue weighted by molar-refractivity contribution is -0.142. The second kappa shape index (κ2) is 7.19. The van der Waals surface area contributed by atoms with Crippen molar-refractivity contribution in [3.05, 3.63) is 0 Å². The summed E-state index contributed by atoms with van der Waals surface area (Å²) in [5.41, 5.74) is 5.35. The molecule has 0 aromatic rings. The van der Waals surface area contributed by atoms with Gasteiger partial charge in [0.05, 0.1) is 0 Å². The van der Waals surface area contributed by atoms with Gasteiger partial charge in [-0.2, -0.15) is 0 Å². The third-order valence-corrected chi connectivity index (χ3v) is 2.18. The second-order valence-electron chi connectivity index (χ2n) is 3.25. The molecule has 0 spiro atoms. The van der Waals surface area contributed by atoms with Gasteiger partial charge >= 0.3 is 5.97 Å². The topological polar surface area (TPSA) is 113 Å². The van der Waals surface area contributed by atoms with E-state index in [-0.39, 0.29) is 31.4 Å². The van der Waals surface area contributed by atoms with E-state index in [2.05, 4.69) is 5.32 Å². The zero-order chi connectivity index (χ0) is 11.8. The summed E-state index contributed by atoms with van der Waals surface area (Å²) in [4.78, 5) is 22.1. The van der Waals surface area contributed by atoms with Gasteiger partial charge in [0.25, 0.3) is 0 Å². The maximum absolute atomic E-state index is 11.5. The molecule has 0 bridgehead atoms. The van der Waals surface area contributed by atoms with Crippen LogP contribution in [0.3, 0.4) is 0 Å². The van der Waals surface area contributed by atoms with Crippen molar-refractivity contribution in [1.29, 1.82) is 0 Å². The molecule has 1 amide bonds. The zero-order valence-electron chi connectivity index (χ0n) is 8.77. The van der Waals surface area contributed by atoms with Crippen molar-refractivity contribution < 1.29 is 19.8 Å². The van der Waals surface area contributed by atoms with Crippen LogP contribution >= 0.6 is 0 Å². The average Bonchev–Trinajstić information content (AvgIpc) is 2.18. The Morgan fingerprint density at radius 3 is 2.40 bits per heavy atom. The molecule has 1 unspecified atom stereocenters. The number of hydrogen-bond acceptors (Lipinski definition) is 4. The van der Waals surface area contributed by atoms with Gasteiger partial charge in [-0.05, 0) is 6.42 Å². The Bertz CT molecular complexity index is 216. The second-order valence-corrected chi connectivity index (χ2v) is 3.25. The maximum atomic E-state index is 11.5. The van der Waals surface area contributed by atoms with E-state index >= 15 is 0 Å². The van der Waals surface area contributed by atoms with Gasteiger partial charge in [0.2, 0.25) is 5.91 Å². The monoisotopic (exact) mass is 218 g/mol. The van der Waals surface area contributed by atoms with Crippen molar-refractivity contribution in [3.63, 3.8) is 0 Å². The standard InChI is InChI=1S/C9H18N2O4/c1-2-6(5-10)8(13)11-7(3-4-12)9(14)15/h6-7,12H,2-5,10H2,1H3,(H,11,13)(H,14,15)/t6?,7-/m1/s1. The number of nitrogens with two attached hydrogens (primary N) is 1. The molecular weight excluding hydrogens is 200 g/mol. The number of rotatable bonds is 7. The number of aliphatic hydroxyl groups is 1. The third-order valence-electron chi connectivity index (χ3n) is 2.18. The van der Waals surface area contributed by atoms with Crippen molar-refractivity contribution >= 4 is 11.9 Å². The van der Waals surface area contributed by atoms with Gasteiger partial charge in [-0.3, -0.25) is 4.79 Å². The Hall–Kier alpha value is -1.14. The fourth-order valence-corrected chi connectivity index (χ4v) is 1.14. The highest BCUT2D eigenvalue weighted by atomic mass is 16.4. The van der Waals surface area contributed by atoms with Crippen molar-refractivity contribution in [2.45, 2.75) is 25.8 Å². The summed E-state index contributed by atoms with van der Waals surface area (Å²) in [7, 11) is 0. The molecule has 0 saturated heterocycles. The van der Waals surface area contributed by atoms with Gasteiger partial charge in [-0.15, -0.1) is 0 Å². The van der Waals surface area contributed by atoms with Gasteiger partial charge in [-0.1, -0.05) is 6.92 Å². The van der Waals surface area contributed by atoms with Crippen molar-refractivity contribution in [3.8, 4) is 0 Å². The van der Waals surface area contributed by atoms with Crippen LogP contribution < -0.4 is 11.1 Å². The summed E-state index contributed by atoms with van der Waals surface area (Å²) in [6, 6.07) is -1.04. The molecule has 0 rings (SSSR count). The Labute approximate surface area is 88.5 Å². The molecule has 6 heteroatoms. The quantitative estimate of drug-likeness (QED) is 0.434. The van der Waals surface area contributed by atoms with Crippen LogP contribution in [0.2, 0.25) is 0 Å². The number of carboxylic acids is 1. The van der Waals surface area contributed by atoms with E-state index < -0.39 is 12.0 Å². The van der Waals surface area contributed by atoms with E-state index in [1.807, 2.05) is 0 Å². The van der Waals surface area contributed by atoms with Crippen LogP contribution in [0.5, 0.6) is 0 Å². The van der Waals surface area contributed by atoms with Gasteiger partial charge in [0, 0.05) is 25.5 Å². The highest BCUT2D eigenvalue weighted by molar-refractivity contribution is 5.85. The summed E-state index contributed by atoms with van der Waals surface area (Å²) >= 11 is 0. The predicted molar refractivity (Wildman–Crippen MR) is 54.1 cm³/mol. The van der Waals surface area contributed by atoms with Crippen LogP contribution in [0, 0.1) is 5.92 Å². The Morgan fingerprint density at radius 2 is 2.07 bits per heavy atom. The Morgan fingerprint density at radius 1 is 1.47 bits per heavy atom. The minimum atomic E-state index is -1.15. The van der Waals surface area contributed by atoms with Crippen molar-refractivity contribution in [2.75, 3.05) is 13.2 Å². The molecule has 5 N–H and O–H groups in total. The van der Waals surface area contributed by atoms with Gasteiger partial charge in [0.1, 0.15) is 6.04 Å². The summed E-state index contributed by atoms with van der Waals surface area (Å²) < 4.78 is 0. The van der Waals surface area contributed by atoms with Crippen LogP contribution in [-0.2, 0) is 9.59 Å². The fourth-order valence-electron chi connectivity index (χ4n) is 1.14. The summed E-state index contributed by atoms with van der Waals surface area (Å²) in [5.74, 6) is -1.89. The highest BCUT2D eigenvalue weighted by Gasteiger charge is 2.22. The minimum absolute atomic E-state index is 0.00206. The SMILES string of the molecule is CCC(CN)C(=O)N[C@H](CCO)C(=O)O. The molecule has 0 aliphatic rings. The molecule has 15 heavy (non-hydrogen) atoms. The van der Waals surface area contributed by atoms with Crippen LogP contribution in [-0.4, -0.2) is 41.3 Å². The largest absolute Gasteiger partial charge is 0.480 e. The minimum Gasteiger partial charge on any atom is -0.480 e. The van der Waals surface area contributed by atoms with E-state index in [1.54, 1.807) is 6.92 Å². The number of hydrogen-bond donors (Lipinski definition) is 4. The first-order chi connectivity index (χ1) is 7.06. The number of carbonyl (C=O) groups is 2. The normalized spacial score (nSPS) is 14.3. The first kappa shape index (κ1) is 13.9. The molecule has 0 radical (unpaired) electrons. The van der Waals surface area contributed by atoms with Gasteiger partial charge in [0.15, 0.2) is 0 Å². The molecule has 0 saturated carbocycles. The summed E-state index contributed by atoms with van der Waals surface area (Å²) in [6.45, 7) is 1.71. The van der Waals surface area contributed by atoms with E-state index in [9.17, 15) is 9.59 Å². The predicted octanol–water partition coefficient (Wildman–Crippen LogP) is -1.08.